The van der Waals surface area contributed by atoms with E-state index in [0.29, 0.717) is 0 Å². The fraction of sp³-hybridized carbons (Fsp3) is 0.238. The first kappa shape index (κ1) is 23.3. The van der Waals surface area contributed by atoms with Crippen molar-refractivity contribution in [3.8, 4) is 11.8 Å². The van der Waals surface area contributed by atoms with Crippen LogP contribution in [0.5, 0.6) is 5.75 Å². The van der Waals surface area contributed by atoms with E-state index in [-0.39, 0.29) is 38.5 Å². The van der Waals surface area contributed by atoms with Crippen LogP contribution in [0, 0.1) is 11.3 Å². The summed E-state index contributed by atoms with van der Waals surface area (Å²) in [5.74, 6) is -3.33. The number of carbonyl (C=O) groups is 1. The number of benzene rings is 2. The maximum atomic E-state index is 12.5. The van der Waals surface area contributed by atoms with Crippen molar-refractivity contribution in [3.05, 3.63) is 59.2 Å². The van der Waals surface area contributed by atoms with Crippen LogP contribution in [-0.2, 0) is 19.4 Å². The zero-order chi connectivity index (χ0) is 23.9. The number of alkyl halides is 3. The third-order valence-corrected chi connectivity index (χ3v) is 5.69. The Labute approximate surface area is 181 Å². The summed E-state index contributed by atoms with van der Waals surface area (Å²) in [6.07, 6.45) is -3.58. The van der Waals surface area contributed by atoms with Crippen LogP contribution in [0.1, 0.15) is 23.6 Å². The SMILES string of the molecule is CC1(O)OC(=O)C(c2ccc(OCC(F)(F)F)c(C#N)c2)=C1c1ccc(S(C)(=O)=O)cc1. The number of hydrogen-bond donors (Lipinski definition) is 1. The molecular weight excluding hydrogens is 451 g/mol. The third-order valence-electron chi connectivity index (χ3n) is 4.56. The lowest BCUT2D eigenvalue weighted by molar-refractivity contribution is -0.169. The Hall–Kier alpha value is -3.36. The molecule has 0 saturated heterocycles. The van der Waals surface area contributed by atoms with E-state index >= 15 is 0 Å². The van der Waals surface area contributed by atoms with Gasteiger partial charge in [-0.25, -0.2) is 13.2 Å². The molecule has 1 heterocycles. The Kier molecular flexibility index (Phi) is 5.80. The second-order valence-corrected chi connectivity index (χ2v) is 9.16. The molecule has 7 nitrogen and oxygen atoms in total. The molecule has 2 aromatic rings. The molecule has 0 aliphatic carbocycles. The van der Waals surface area contributed by atoms with Gasteiger partial charge in [-0.05, 0) is 35.4 Å². The maximum Gasteiger partial charge on any atom is 0.422 e. The van der Waals surface area contributed by atoms with E-state index in [1.165, 1.54) is 37.3 Å². The van der Waals surface area contributed by atoms with E-state index in [1.54, 1.807) is 6.07 Å². The van der Waals surface area contributed by atoms with Crippen LogP contribution in [0.3, 0.4) is 0 Å². The third kappa shape index (κ3) is 4.76. The van der Waals surface area contributed by atoms with Crippen molar-refractivity contribution in [3.63, 3.8) is 0 Å². The van der Waals surface area contributed by atoms with Gasteiger partial charge in [-0.2, -0.15) is 18.4 Å². The highest BCUT2D eigenvalue weighted by molar-refractivity contribution is 7.90. The number of carbonyl (C=O) groups excluding carboxylic acids is 1. The number of rotatable bonds is 5. The molecule has 3 rings (SSSR count). The van der Waals surface area contributed by atoms with Crippen LogP contribution in [0.4, 0.5) is 13.2 Å². The van der Waals surface area contributed by atoms with E-state index in [1.807, 2.05) is 0 Å². The molecule has 168 valence electrons. The molecule has 1 N–H and O–H groups in total. The number of hydrogen-bond acceptors (Lipinski definition) is 7. The van der Waals surface area contributed by atoms with Crippen LogP contribution in [0.2, 0.25) is 0 Å². The molecule has 32 heavy (non-hydrogen) atoms. The smallest absolute Gasteiger partial charge is 0.422 e. The molecule has 0 spiro atoms. The molecule has 2 aromatic carbocycles. The predicted molar refractivity (Wildman–Crippen MR) is 106 cm³/mol. The zero-order valence-electron chi connectivity index (χ0n) is 16.7. The monoisotopic (exact) mass is 467 g/mol. The van der Waals surface area contributed by atoms with E-state index in [9.17, 15) is 36.8 Å². The van der Waals surface area contributed by atoms with E-state index in [0.717, 1.165) is 18.4 Å². The average molecular weight is 467 g/mol. The number of esters is 1. The van der Waals surface area contributed by atoms with Gasteiger partial charge in [0, 0.05) is 18.8 Å². The van der Waals surface area contributed by atoms with Gasteiger partial charge in [-0.1, -0.05) is 18.2 Å². The highest BCUT2D eigenvalue weighted by Gasteiger charge is 2.44. The van der Waals surface area contributed by atoms with Crippen molar-refractivity contribution in [2.24, 2.45) is 0 Å². The highest BCUT2D eigenvalue weighted by Crippen LogP contribution is 2.43. The first-order valence-corrected chi connectivity index (χ1v) is 10.9. The van der Waals surface area contributed by atoms with Gasteiger partial charge in [0.15, 0.2) is 16.4 Å². The van der Waals surface area contributed by atoms with E-state index in [2.05, 4.69) is 4.74 Å². The van der Waals surface area contributed by atoms with Crippen LogP contribution < -0.4 is 4.74 Å². The van der Waals surface area contributed by atoms with Crippen molar-refractivity contribution in [1.29, 1.82) is 5.26 Å². The van der Waals surface area contributed by atoms with Crippen LogP contribution in [-0.4, -0.2) is 44.3 Å². The molecule has 1 atom stereocenters. The standard InChI is InChI=1S/C21H16F3NO6S/c1-20(27)18(12-3-6-15(7-4-12)32(2,28)29)17(19(26)31-20)13-5-8-16(14(9-13)10-25)30-11-21(22,23)24/h3-9,27H,11H2,1-2H3. The van der Waals surface area contributed by atoms with E-state index < -0.39 is 34.4 Å². The Morgan fingerprint density at radius 1 is 1.16 bits per heavy atom. The number of ether oxygens (including phenoxy) is 2. The fourth-order valence-electron chi connectivity index (χ4n) is 3.22. The summed E-state index contributed by atoms with van der Waals surface area (Å²) in [5.41, 5.74) is 0.00627. The van der Waals surface area contributed by atoms with Gasteiger partial charge in [0.25, 0.3) is 0 Å². The van der Waals surface area contributed by atoms with Crippen molar-refractivity contribution in [1.82, 2.24) is 0 Å². The first-order valence-electron chi connectivity index (χ1n) is 8.98. The molecule has 0 bridgehead atoms. The Morgan fingerprint density at radius 2 is 1.75 bits per heavy atom. The van der Waals surface area contributed by atoms with Crippen molar-refractivity contribution in [2.75, 3.05) is 12.9 Å². The average Bonchev–Trinajstić information content (AvgIpc) is 2.93. The van der Waals surface area contributed by atoms with Gasteiger partial charge in [-0.3, -0.25) is 0 Å². The number of cyclic esters (lactones) is 1. The van der Waals surface area contributed by atoms with Gasteiger partial charge in [0.05, 0.1) is 16.0 Å². The quantitative estimate of drug-likeness (QED) is 0.673. The van der Waals surface area contributed by atoms with Crippen LogP contribution in [0.25, 0.3) is 11.1 Å². The van der Waals surface area contributed by atoms with Gasteiger partial charge < -0.3 is 14.6 Å². The lowest BCUT2D eigenvalue weighted by Crippen LogP contribution is -2.26. The summed E-state index contributed by atoms with van der Waals surface area (Å²) in [4.78, 5) is 12.6. The van der Waals surface area contributed by atoms with Crippen LogP contribution >= 0.6 is 0 Å². The summed E-state index contributed by atoms with van der Waals surface area (Å²) >= 11 is 0. The van der Waals surface area contributed by atoms with E-state index in [4.69, 9.17) is 4.74 Å². The minimum atomic E-state index is -4.60. The molecule has 0 fully saturated rings. The number of sulfone groups is 1. The fourth-order valence-corrected chi connectivity index (χ4v) is 3.85. The van der Waals surface area contributed by atoms with Gasteiger partial charge in [0.1, 0.15) is 11.8 Å². The number of aliphatic hydroxyl groups is 1. The van der Waals surface area contributed by atoms with Crippen molar-refractivity contribution >= 4 is 27.0 Å². The minimum Gasteiger partial charge on any atom is -0.483 e. The Balaban J connectivity index is 2.12. The lowest BCUT2D eigenvalue weighted by Gasteiger charge is -2.20. The molecule has 1 aliphatic rings. The summed E-state index contributed by atoms with van der Waals surface area (Å²) < 4.78 is 70.4. The Bertz CT molecular complexity index is 1260. The Morgan fingerprint density at radius 3 is 2.28 bits per heavy atom. The predicted octanol–water partition coefficient (Wildman–Crippen LogP) is 3.08. The highest BCUT2D eigenvalue weighted by atomic mass is 32.2. The second-order valence-electron chi connectivity index (χ2n) is 7.15. The normalized spacial score (nSPS) is 19.0. The molecule has 1 aliphatic heterocycles. The number of nitrogens with zero attached hydrogens (tertiary/aromatic N) is 1. The maximum absolute atomic E-state index is 12.5. The molecule has 0 aromatic heterocycles. The van der Waals surface area contributed by atoms with Crippen molar-refractivity contribution in [2.45, 2.75) is 23.8 Å². The lowest BCUT2D eigenvalue weighted by atomic mass is 9.91. The molecule has 0 saturated carbocycles. The summed E-state index contributed by atoms with van der Waals surface area (Å²) in [7, 11) is -3.48. The van der Waals surface area contributed by atoms with Gasteiger partial charge >= 0.3 is 12.1 Å². The molecule has 1 unspecified atom stereocenters. The molecule has 0 radical (unpaired) electrons. The summed E-state index contributed by atoms with van der Waals surface area (Å²) in [6, 6.07) is 10.6. The molecule has 11 heteroatoms. The van der Waals surface area contributed by atoms with Crippen LogP contribution in [0.15, 0.2) is 47.4 Å². The summed E-state index contributed by atoms with van der Waals surface area (Å²) in [6.45, 7) is -0.387. The first-order chi connectivity index (χ1) is 14.7. The summed E-state index contributed by atoms with van der Waals surface area (Å²) in [5, 5.41) is 20.0. The molecular formula is C21H16F3NO6S. The molecule has 0 amide bonds. The largest absolute Gasteiger partial charge is 0.483 e. The zero-order valence-corrected chi connectivity index (χ0v) is 17.5. The topological polar surface area (TPSA) is 114 Å². The minimum absolute atomic E-state index is 0.00963. The van der Waals surface area contributed by atoms with Crippen molar-refractivity contribution < 1.29 is 41.0 Å². The number of nitriles is 1. The second kappa shape index (κ2) is 7.96. The van der Waals surface area contributed by atoms with Gasteiger partial charge in [-0.15, -0.1) is 0 Å². The van der Waals surface area contributed by atoms with Gasteiger partial charge in [0.2, 0.25) is 5.79 Å². The number of halogens is 3.